The van der Waals surface area contributed by atoms with Gasteiger partial charge in [-0.05, 0) is 70.4 Å². The fraction of sp³-hybridized carbons (Fsp3) is 0.0222. The van der Waals surface area contributed by atoms with Gasteiger partial charge in [0.05, 0.1) is 11.7 Å². The van der Waals surface area contributed by atoms with Crippen LogP contribution in [0, 0.1) is 0 Å². The van der Waals surface area contributed by atoms with Crippen molar-refractivity contribution in [1.29, 1.82) is 0 Å². The van der Waals surface area contributed by atoms with Crippen molar-refractivity contribution in [3.63, 3.8) is 0 Å². The molecule has 0 atom stereocenters. The lowest BCUT2D eigenvalue weighted by Gasteiger charge is -2.31. The van der Waals surface area contributed by atoms with Crippen LogP contribution in [0.5, 0.6) is 0 Å². The van der Waals surface area contributed by atoms with Crippen LogP contribution < -0.4 is 9.80 Å². The van der Waals surface area contributed by atoms with E-state index in [1.165, 1.54) is 38.4 Å². The molecule has 0 saturated carbocycles. The Morgan fingerprint density at radius 1 is 0.340 bits per heavy atom. The molecule has 1 aliphatic carbocycles. The summed E-state index contributed by atoms with van der Waals surface area (Å²) in [6, 6.07) is 58.9. The van der Waals surface area contributed by atoms with Gasteiger partial charge in [-0.25, -0.2) is 0 Å². The Morgan fingerprint density at radius 2 is 0.809 bits per heavy atom. The molecule has 0 heterocycles. The molecule has 47 heavy (non-hydrogen) atoms. The summed E-state index contributed by atoms with van der Waals surface area (Å²) in [4.78, 5) is 4.77. The van der Waals surface area contributed by atoms with Crippen molar-refractivity contribution in [3.8, 4) is 11.1 Å². The Kier molecular flexibility index (Phi) is 7.67. The van der Waals surface area contributed by atoms with Crippen LogP contribution in [0.2, 0.25) is 0 Å². The fourth-order valence-corrected chi connectivity index (χ4v) is 6.64. The maximum Gasteiger partial charge on any atom is 0.0712 e. The zero-order chi connectivity index (χ0) is 31.4. The summed E-state index contributed by atoms with van der Waals surface area (Å²) in [5.41, 5.74) is 8.12. The van der Waals surface area contributed by atoms with Crippen molar-refractivity contribution < 1.29 is 0 Å². The maximum absolute atomic E-state index is 2.43. The van der Waals surface area contributed by atoms with E-state index in [9.17, 15) is 0 Å². The third kappa shape index (κ3) is 5.62. The van der Waals surface area contributed by atoms with Crippen LogP contribution >= 0.6 is 0 Å². The normalized spacial score (nSPS) is 12.8. The second kappa shape index (κ2) is 12.7. The lowest BCUT2D eigenvalue weighted by molar-refractivity contribution is 0.949. The van der Waals surface area contributed by atoms with Gasteiger partial charge in [-0.15, -0.1) is 0 Å². The Bertz CT molecular complexity index is 2220. The first-order valence-electron chi connectivity index (χ1n) is 16.2. The lowest BCUT2D eigenvalue weighted by atomic mass is 10.0. The van der Waals surface area contributed by atoms with Gasteiger partial charge in [0.15, 0.2) is 0 Å². The minimum Gasteiger partial charge on any atom is -0.330 e. The van der Waals surface area contributed by atoms with Gasteiger partial charge in [0.2, 0.25) is 0 Å². The number of allylic oxidation sites excluding steroid dienone is 4. The van der Waals surface area contributed by atoms with E-state index in [0.717, 1.165) is 22.7 Å². The Labute approximate surface area is 276 Å². The first-order valence-corrected chi connectivity index (χ1v) is 16.2. The molecular weight excluding hydrogens is 569 g/mol. The fourth-order valence-electron chi connectivity index (χ4n) is 6.64. The molecular formula is C45H34N2. The minimum absolute atomic E-state index is 0.0824. The van der Waals surface area contributed by atoms with Crippen molar-refractivity contribution in [2.24, 2.45) is 0 Å². The second-order valence-corrected chi connectivity index (χ2v) is 11.8. The molecule has 0 amide bonds. The van der Waals surface area contributed by atoms with Gasteiger partial charge in [0.25, 0.3) is 0 Å². The predicted octanol–water partition coefficient (Wildman–Crippen LogP) is 12.3. The van der Waals surface area contributed by atoms with Crippen LogP contribution in [-0.4, -0.2) is 6.04 Å². The number of fused-ring (bicyclic) bond motifs is 2. The zero-order valence-electron chi connectivity index (χ0n) is 26.0. The van der Waals surface area contributed by atoms with E-state index in [1.54, 1.807) is 0 Å². The van der Waals surface area contributed by atoms with Gasteiger partial charge < -0.3 is 9.80 Å². The smallest absolute Gasteiger partial charge is 0.0712 e. The molecule has 2 heteroatoms. The SMILES string of the molecule is C1=CC=CC(N(c2ccc(-c3ccc(N(c4ccccc4)c4cccc5ccccc45)cc3)cc2)c2cccc3ccccc23)C=C1. The minimum atomic E-state index is 0.0824. The molecule has 7 aromatic rings. The van der Waals surface area contributed by atoms with E-state index in [1.807, 2.05) is 0 Å². The van der Waals surface area contributed by atoms with E-state index in [0.29, 0.717) is 0 Å². The monoisotopic (exact) mass is 602 g/mol. The van der Waals surface area contributed by atoms with Crippen LogP contribution in [0.15, 0.2) is 200 Å². The van der Waals surface area contributed by atoms with Crippen molar-refractivity contribution in [2.45, 2.75) is 6.04 Å². The Hall–Kier alpha value is -6.12. The molecule has 0 radical (unpaired) electrons. The number of hydrogen-bond donors (Lipinski definition) is 0. The Morgan fingerprint density at radius 3 is 1.43 bits per heavy atom. The van der Waals surface area contributed by atoms with E-state index >= 15 is 0 Å². The molecule has 0 fully saturated rings. The quantitative estimate of drug-likeness (QED) is 0.179. The summed E-state index contributed by atoms with van der Waals surface area (Å²) < 4.78 is 0. The van der Waals surface area contributed by atoms with E-state index in [-0.39, 0.29) is 6.04 Å². The highest BCUT2D eigenvalue weighted by Gasteiger charge is 2.20. The van der Waals surface area contributed by atoms with Crippen LogP contribution in [0.3, 0.4) is 0 Å². The van der Waals surface area contributed by atoms with Crippen LogP contribution in [0.1, 0.15) is 0 Å². The molecule has 2 nitrogen and oxygen atoms in total. The molecule has 0 N–H and O–H groups in total. The number of rotatable bonds is 7. The summed E-state index contributed by atoms with van der Waals surface area (Å²) >= 11 is 0. The van der Waals surface area contributed by atoms with Crippen LogP contribution in [-0.2, 0) is 0 Å². The average Bonchev–Trinajstić information content (AvgIpc) is 3.43. The van der Waals surface area contributed by atoms with E-state index in [4.69, 9.17) is 0 Å². The number of nitrogens with zero attached hydrogens (tertiary/aromatic N) is 2. The Balaban J connectivity index is 1.15. The molecule has 0 aliphatic heterocycles. The highest BCUT2D eigenvalue weighted by Crippen LogP contribution is 2.40. The van der Waals surface area contributed by atoms with Crippen LogP contribution in [0.4, 0.5) is 28.4 Å². The maximum atomic E-state index is 2.43. The molecule has 7 aromatic carbocycles. The molecule has 0 spiro atoms. The summed E-state index contributed by atoms with van der Waals surface area (Å²) in [6.07, 6.45) is 12.9. The van der Waals surface area contributed by atoms with Crippen molar-refractivity contribution >= 4 is 50.0 Å². The van der Waals surface area contributed by atoms with Gasteiger partial charge in [0.1, 0.15) is 0 Å². The zero-order valence-corrected chi connectivity index (χ0v) is 26.0. The van der Waals surface area contributed by atoms with Gasteiger partial charge in [-0.3, -0.25) is 0 Å². The summed E-state index contributed by atoms with van der Waals surface area (Å²) in [5, 5.41) is 4.93. The molecule has 0 bridgehead atoms. The summed E-state index contributed by atoms with van der Waals surface area (Å²) in [5.74, 6) is 0. The largest absolute Gasteiger partial charge is 0.330 e. The van der Waals surface area contributed by atoms with Gasteiger partial charge in [0, 0.05) is 33.5 Å². The summed E-state index contributed by atoms with van der Waals surface area (Å²) in [7, 11) is 0. The first-order chi connectivity index (χ1) is 23.3. The van der Waals surface area contributed by atoms with Gasteiger partial charge >= 0.3 is 0 Å². The average molecular weight is 603 g/mol. The first kappa shape index (κ1) is 28.4. The lowest BCUT2D eigenvalue weighted by Crippen LogP contribution is -2.27. The number of anilines is 5. The number of benzene rings is 7. The molecule has 224 valence electrons. The number of hydrogen-bond acceptors (Lipinski definition) is 2. The van der Waals surface area contributed by atoms with E-state index < -0.39 is 0 Å². The predicted molar refractivity (Wildman–Crippen MR) is 201 cm³/mol. The molecule has 0 saturated heterocycles. The molecule has 0 aromatic heterocycles. The molecule has 8 rings (SSSR count). The standard InChI is InChI=1S/C45H34N2/c1-2-5-19-38(18-4-1)46(44-24-12-16-36-14-8-10-22-42(36)44)40-30-26-34(27-31-40)35-28-32-41(33-29-35)47(39-20-6-3-7-21-39)45-25-13-17-37-15-9-11-23-43(37)45/h1-33,38H. The van der Waals surface area contributed by atoms with Gasteiger partial charge in [-0.2, -0.15) is 0 Å². The van der Waals surface area contributed by atoms with Crippen molar-refractivity contribution in [3.05, 3.63) is 200 Å². The van der Waals surface area contributed by atoms with Crippen LogP contribution in [0.25, 0.3) is 32.7 Å². The third-order valence-corrected chi connectivity index (χ3v) is 8.90. The van der Waals surface area contributed by atoms with Gasteiger partial charge in [-0.1, -0.05) is 152 Å². The summed E-state index contributed by atoms with van der Waals surface area (Å²) in [6.45, 7) is 0. The third-order valence-electron chi connectivity index (χ3n) is 8.90. The molecule has 0 unspecified atom stereocenters. The highest BCUT2D eigenvalue weighted by molar-refractivity contribution is 5.99. The second-order valence-electron chi connectivity index (χ2n) is 11.8. The highest BCUT2D eigenvalue weighted by atomic mass is 15.2. The molecule has 1 aliphatic rings. The topological polar surface area (TPSA) is 6.48 Å². The van der Waals surface area contributed by atoms with E-state index in [2.05, 4.69) is 210 Å². The number of para-hydroxylation sites is 1. The van der Waals surface area contributed by atoms with Crippen molar-refractivity contribution in [2.75, 3.05) is 9.80 Å². The van der Waals surface area contributed by atoms with Crippen molar-refractivity contribution in [1.82, 2.24) is 0 Å².